The lowest BCUT2D eigenvalue weighted by molar-refractivity contribution is -0.384. The normalized spacial score (nSPS) is 23.0. The number of rotatable bonds is 15. The fourth-order valence-electron chi connectivity index (χ4n) is 10.9. The van der Waals surface area contributed by atoms with Crippen molar-refractivity contribution in [3.05, 3.63) is 99.9 Å². The van der Waals surface area contributed by atoms with Crippen molar-refractivity contribution in [3.63, 3.8) is 0 Å². The zero-order valence-corrected chi connectivity index (χ0v) is 39.6. The predicted molar refractivity (Wildman–Crippen MR) is 257 cm³/mol. The number of pyridine rings is 2. The lowest BCUT2D eigenvalue weighted by Crippen LogP contribution is -2.63. The third-order valence-electron chi connectivity index (χ3n) is 14.7. The maximum absolute atomic E-state index is 14.1. The number of nitrogens with one attached hydrogen (secondary N) is 3. The average molecular weight is 935 g/mol. The fraction of sp³-hybridized carbons (Fsp3) is 0.500. The summed E-state index contributed by atoms with van der Waals surface area (Å²) in [5, 5.41) is 26.2. The summed E-state index contributed by atoms with van der Waals surface area (Å²) in [7, 11) is -4.67. The van der Waals surface area contributed by atoms with Gasteiger partial charge in [0, 0.05) is 68.2 Å². The van der Waals surface area contributed by atoms with Crippen LogP contribution in [0.15, 0.2) is 78.0 Å². The first-order valence-electron chi connectivity index (χ1n) is 23.8. The number of hydrogen-bond acceptors (Lipinski definition) is 13. The van der Waals surface area contributed by atoms with E-state index >= 15 is 0 Å². The molecule has 2 aromatic carbocycles. The highest BCUT2D eigenvalue weighted by Gasteiger charge is 2.49. The van der Waals surface area contributed by atoms with E-state index in [2.05, 4.69) is 72.9 Å². The number of aromatic amines is 1. The van der Waals surface area contributed by atoms with Gasteiger partial charge in [-0.1, -0.05) is 44.5 Å². The molecule has 2 saturated heterocycles. The van der Waals surface area contributed by atoms with Gasteiger partial charge >= 0.3 is 5.69 Å². The number of hydrogen-bond donors (Lipinski definition) is 4. The molecule has 5 aromatic rings. The number of aromatic nitrogens is 3. The van der Waals surface area contributed by atoms with Crippen molar-refractivity contribution in [2.24, 2.45) is 11.3 Å². The topological polar surface area (TPSA) is 205 Å². The average Bonchev–Trinajstić information content (AvgIpc) is 3.98. The largest absolute Gasteiger partial charge is 0.475 e. The third kappa shape index (κ3) is 9.81. The van der Waals surface area contributed by atoms with E-state index in [1.165, 1.54) is 30.4 Å². The SMILES string of the molecule is CCOc1nc2[nH]ccc2cc1Oc1cc(N2CCC3(CC2)CN([C@@H]2CCC[C@@H]2c2ccccc2C(C)C)C3)ccc1C(=O)NS(=O)(=O)c1cnc(NCC2CCC(C)(O)CC2)c([N+](=O)[O-])c1. The van der Waals surface area contributed by atoms with Crippen molar-refractivity contribution < 1.29 is 32.7 Å². The molecule has 2 saturated carbocycles. The first kappa shape index (κ1) is 46.3. The Morgan fingerprint density at radius 3 is 2.51 bits per heavy atom. The van der Waals surface area contributed by atoms with E-state index in [4.69, 9.17) is 9.47 Å². The van der Waals surface area contributed by atoms with Gasteiger partial charge in [0.15, 0.2) is 5.75 Å². The summed E-state index contributed by atoms with van der Waals surface area (Å²) in [4.78, 5) is 41.9. The number of piperidine rings is 1. The number of sulfonamides is 1. The molecule has 3 aromatic heterocycles. The summed E-state index contributed by atoms with van der Waals surface area (Å²) in [6.07, 6.45) is 11.2. The van der Waals surface area contributed by atoms with Gasteiger partial charge in [0.25, 0.3) is 21.8 Å². The van der Waals surface area contributed by atoms with Crippen LogP contribution in [0.25, 0.3) is 11.0 Å². The number of amides is 1. The van der Waals surface area contributed by atoms with E-state index in [1.807, 2.05) is 13.0 Å². The lowest BCUT2D eigenvalue weighted by atomic mass is 9.70. The number of carbonyl (C=O) groups is 1. The number of anilines is 2. The van der Waals surface area contributed by atoms with Crippen LogP contribution < -0.4 is 24.4 Å². The molecular formula is C50H62N8O8S. The maximum Gasteiger partial charge on any atom is 0.312 e. The number of carbonyl (C=O) groups excluding carboxylic acids is 1. The van der Waals surface area contributed by atoms with E-state index in [0.717, 1.165) is 75.2 Å². The van der Waals surface area contributed by atoms with Crippen molar-refractivity contribution in [2.45, 2.75) is 114 Å². The molecule has 356 valence electrons. The molecule has 0 radical (unpaired) electrons. The van der Waals surface area contributed by atoms with Crippen LogP contribution in [0.4, 0.5) is 17.2 Å². The van der Waals surface area contributed by atoms with Crippen LogP contribution in [0.3, 0.4) is 0 Å². The minimum atomic E-state index is -4.67. The van der Waals surface area contributed by atoms with Gasteiger partial charge < -0.3 is 29.8 Å². The monoisotopic (exact) mass is 934 g/mol. The molecule has 4 fully saturated rings. The second-order valence-electron chi connectivity index (χ2n) is 19.8. The second kappa shape index (κ2) is 18.7. The first-order valence-corrected chi connectivity index (χ1v) is 25.3. The molecule has 4 aliphatic rings. The summed E-state index contributed by atoms with van der Waals surface area (Å²) in [5.74, 6) is 0.640. The molecular weight excluding hydrogens is 873 g/mol. The van der Waals surface area contributed by atoms with Crippen LogP contribution in [0.2, 0.25) is 0 Å². The molecule has 9 rings (SSSR count). The molecule has 2 aliphatic carbocycles. The standard InChI is InChI=1S/C50H62N8O8S/c1-5-65-48-44(25-34-17-22-51-45(34)54-48)66-43-26-35(56-23-20-50(21-24-56)30-57(31-50)41-12-8-11-39(41)38-10-7-6-9-37(38)32(2)3)13-14-40(43)47(59)55-67(63,64)36-27-42(58(61)62)46(53-29-36)52-28-33-15-18-49(4,60)19-16-33/h6-7,9-10,13-14,17,22,25-27,29,32-33,39,41,60H,5,8,11-12,15-16,18-21,23-24,28,30-31H2,1-4H3,(H,51,54)(H,52,53)(H,55,59)/t33?,39-,41-,49?/m1/s1. The van der Waals surface area contributed by atoms with Crippen molar-refractivity contribution in [1.82, 2.24) is 24.6 Å². The Hall–Kier alpha value is -5.78. The van der Waals surface area contributed by atoms with Crippen LogP contribution in [0, 0.1) is 21.4 Å². The number of ether oxygens (including phenoxy) is 2. The molecule has 2 atom stereocenters. The number of benzene rings is 2. The highest BCUT2D eigenvalue weighted by atomic mass is 32.2. The Bertz CT molecular complexity index is 2730. The van der Waals surface area contributed by atoms with Crippen molar-refractivity contribution in [1.29, 1.82) is 0 Å². The lowest BCUT2D eigenvalue weighted by Gasteiger charge is -2.57. The summed E-state index contributed by atoms with van der Waals surface area (Å²) in [6.45, 7) is 12.6. The highest BCUT2D eigenvalue weighted by molar-refractivity contribution is 7.90. The summed E-state index contributed by atoms with van der Waals surface area (Å²) >= 11 is 0. The van der Waals surface area contributed by atoms with Crippen LogP contribution in [0.5, 0.6) is 17.4 Å². The Kier molecular flexibility index (Phi) is 12.9. The number of fused-ring (bicyclic) bond motifs is 1. The molecule has 17 heteroatoms. The highest BCUT2D eigenvalue weighted by Crippen LogP contribution is 2.49. The molecule has 0 bridgehead atoms. The van der Waals surface area contributed by atoms with E-state index < -0.39 is 37.0 Å². The zero-order valence-electron chi connectivity index (χ0n) is 38.8. The molecule has 1 amide bonds. The number of nitrogens with zero attached hydrogens (tertiary/aromatic N) is 5. The Labute approximate surface area is 392 Å². The molecule has 4 N–H and O–H groups in total. The minimum absolute atomic E-state index is 0.0792. The second-order valence-corrected chi connectivity index (χ2v) is 21.4. The summed E-state index contributed by atoms with van der Waals surface area (Å²) in [5.41, 5.74) is 3.28. The Morgan fingerprint density at radius 2 is 1.78 bits per heavy atom. The van der Waals surface area contributed by atoms with Crippen molar-refractivity contribution in [2.75, 3.05) is 49.5 Å². The first-order chi connectivity index (χ1) is 32.1. The molecule has 1 spiro atoms. The summed E-state index contributed by atoms with van der Waals surface area (Å²) < 4.78 is 42.1. The molecule has 2 aliphatic heterocycles. The van der Waals surface area contributed by atoms with Gasteiger partial charge in [0.2, 0.25) is 5.82 Å². The van der Waals surface area contributed by atoms with Crippen LogP contribution >= 0.6 is 0 Å². The van der Waals surface area contributed by atoms with Crippen molar-refractivity contribution >= 4 is 44.2 Å². The minimum Gasteiger partial charge on any atom is -0.475 e. The Balaban J connectivity index is 0.925. The predicted octanol–water partition coefficient (Wildman–Crippen LogP) is 8.89. The summed E-state index contributed by atoms with van der Waals surface area (Å²) in [6, 6.07) is 19.1. The number of likely N-dealkylation sites (tertiary alicyclic amines) is 1. The van der Waals surface area contributed by atoms with Crippen molar-refractivity contribution in [3.8, 4) is 17.4 Å². The van der Waals surface area contributed by atoms with Gasteiger partial charge in [0.1, 0.15) is 16.3 Å². The third-order valence-corrected chi connectivity index (χ3v) is 16.0. The van der Waals surface area contributed by atoms with E-state index in [9.17, 15) is 28.4 Å². The number of H-pyrrole nitrogens is 1. The fourth-order valence-corrected chi connectivity index (χ4v) is 11.8. The van der Waals surface area contributed by atoms with E-state index in [1.54, 1.807) is 37.4 Å². The van der Waals surface area contributed by atoms with Gasteiger partial charge in [-0.2, -0.15) is 4.98 Å². The molecule has 0 unspecified atom stereocenters. The van der Waals surface area contributed by atoms with E-state index in [0.29, 0.717) is 49.5 Å². The van der Waals surface area contributed by atoms with Gasteiger partial charge in [-0.25, -0.2) is 18.1 Å². The van der Waals surface area contributed by atoms with Gasteiger partial charge in [0.05, 0.1) is 28.9 Å². The molecule has 16 nitrogen and oxygen atoms in total. The zero-order chi connectivity index (χ0) is 47.1. The van der Waals surface area contributed by atoms with Gasteiger partial charge in [-0.15, -0.1) is 0 Å². The van der Waals surface area contributed by atoms with Gasteiger partial charge in [-0.3, -0.25) is 19.8 Å². The van der Waals surface area contributed by atoms with Crippen LogP contribution in [0.1, 0.15) is 119 Å². The number of nitro groups is 1. The van der Waals surface area contributed by atoms with Crippen LogP contribution in [-0.2, 0) is 10.0 Å². The molecule has 5 heterocycles. The smallest absolute Gasteiger partial charge is 0.312 e. The van der Waals surface area contributed by atoms with E-state index in [-0.39, 0.29) is 40.1 Å². The maximum atomic E-state index is 14.1. The number of aliphatic hydroxyl groups is 1. The van der Waals surface area contributed by atoms with Gasteiger partial charge in [-0.05, 0) is 124 Å². The van der Waals surface area contributed by atoms with Crippen LogP contribution in [-0.4, -0.2) is 95.2 Å². The molecule has 67 heavy (non-hydrogen) atoms. The quantitative estimate of drug-likeness (QED) is 0.0573. The Morgan fingerprint density at radius 1 is 1.01 bits per heavy atom.